The van der Waals surface area contributed by atoms with Gasteiger partial charge in [-0.15, -0.1) is 0 Å². The Labute approximate surface area is 143 Å². The second-order valence-electron chi connectivity index (χ2n) is 5.77. The van der Waals surface area contributed by atoms with Gasteiger partial charge in [-0.1, -0.05) is 35.9 Å². The van der Waals surface area contributed by atoms with Gasteiger partial charge in [0.1, 0.15) is 12.4 Å². The summed E-state index contributed by atoms with van der Waals surface area (Å²) < 4.78 is 38.9. The Balaban J connectivity index is 1.80. The molecule has 2 aromatic rings. The van der Waals surface area contributed by atoms with Gasteiger partial charge in [-0.2, -0.15) is 8.78 Å². The van der Waals surface area contributed by atoms with E-state index in [0.29, 0.717) is 22.9 Å². The molecule has 0 N–H and O–H groups in total. The van der Waals surface area contributed by atoms with Crippen LogP contribution in [0.3, 0.4) is 0 Å². The van der Waals surface area contributed by atoms with E-state index < -0.39 is 18.1 Å². The van der Waals surface area contributed by atoms with Crippen LogP contribution in [-0.2, 0) is 16.9 Å². The van der Waals surface area contributed by atoms with E-state index in [2.05, 4.69) is 9.73 Å². The minimum atomic E-state index is -3.10. The second-order valence-corrected chi connectivity index (χ2v) is 6.20. The highest BCUT2D eigenvalue weighted by atomic mass is 35.5. The maximum absolute atomic E-state index is 14.3. The van der Waals surface area contributed by atoms with Crippen LogP contribution in [-0.4, -0.2) is 18.9 Å². The molecule has 0 spiro atoms. The van der Waals surface area contributed by atoms with Crippen molar-refractivity contribution >= 4 is 18.0 Å². The maximum Gasteiger partial charge on any atom is 0.309 e. The standard InChI is InChI=1S/C18H16ClF2NO2/c1-17(18(20,21)11-23-12-22-17)14-3-2-4-16(9-14)24-10-13-5-7-15(19)8-6-13/h2-9,12H,10-11H2,1H3/t17-/m1/s1. The highest BCUT2D eigenvalue weighted by Crippen LogP contribution is 2.43. The Hall–Kier alpha value is -2.14. The number of hydrogen-bond donors (Lipinski definition) is 0. The Morgan fingerprint density at radius 2 is 1.96 bits per heavy atom. The van der Waals surface area contributed by atoms with Crippen molar-refractivity contribution in [2.45, 2.75) is 25.0 Å². The summed E-state index contributed by atoms with van der Waals surface area (Å²) in [4.78, 5) is 3.89. The van der Waals surface area contributed by atoms with Crippen molar-refractivity contribution in [3.8, 4) is 5.75 Å². The molecule has 1 heterocycles. The first-order valence-electron chi connectivity index (χ1n) is 7.42. The summed E-state index contributed by atoms with van der Waals surface area (Å²) in [7, 11) is 0. The molecule has 3 nitrogen and oxygen atoms in total. The molecular weight excluding hydrogens is 336 g/mol. The van der Waals surface area contributed by atoms with Gasteiger partial charge in [-0.3, -0.25) is 0 Å². The predicted octanol–water partition coefficient (Wildman–Crippen LogP) is 4.83. The van der Waals surface area contributed by atoms with Crippen molar-refractivity contribution in [2.24, 2.45) is 4.99 Å². The fraction of sp³-hybridized carbons (Fsp3) is 0.278. The lowest BCUT2D eigenvalue weighted by Gasteiger charge is -2.36. The zero-order valence-corrected chi connectivity index (χ0v) is 13.8. The Kier molecular flexibility index (Phi) is 4.45. The summed E-state index contributed by atoms with van der Waals surface area (Å²) in [6, 6.07) is 13.9. The second kappa shape index (κ2) is 6.40. The zero-order valence-electron chi connectivity index (χ0n) is 13.0. The highest BCUT2D eigenvalue weighted by Gasteiger charge is 2.53. The molecule has 1 aliphatic rings. The molecule has 0 amide bonds. The molecular formula is C18H16ClF2NO2. The normalized spacial score (nSPS) is 22.0. The fourth-order valence-corrected chi connectivity index (χ4v) is 2.57. The lowest BCUT2D eigenvalue weighted by Crippen LogP contribution is -2.47. The van der Waals surface area contributed by atoms with Crippen molar-refractivity contribution in [3.05, 3.63) is 64.7 Å². The summed E-state index contributed by atoms with van der Waals surface area (Å²) in [5.41, 5.74) is -0.365. The molecule has 1 atom stereocenters. The van der Waals surface area contributed by atoms with Gasteiger partial charge in [0.05, 0.1) is 0 Å². The number of hydrogen-bond acceptors (Lipinski definition) is 3. The molecule has 2 aromatic carbocycles. The Morgan fingerprint density at radius 1 is 1.21 bits per heavy atom. The molecule has 24 heavy (non-hydrogen) atoms. The van der Waals surface area contributed by atoms with Gasteiger partial charge in [-0.25, -0.2) is 4.99 Å². The smallest absolute Gasteiger partial charge is 0.309 e. The van der Waals surface area contributed by atoms with Crippen LogP contribution in [0.4, 0.5) is 8.78 Å². The van der Waals surface area contributed by atoms with E-state index in [1.807, 2.05) is 12.1 Å². The zero-order chi connectivity index (χ0) is 17.2. The van der Waals surface area contributed by atoms with E-state index in [1.54, 1.807) is 36.4 Å². The average Bonchev–Trinajstić information content (AvgIpc) is 2.57. The third-order valence-corrected chi connectivity index (χ3v) is 4.33. The average molecular weight is 352 g/mol. The van der Waals surface area contributed by atoms with Gasteiger partial charge in [0.2, 0.25) is 0 Å². The van der Waals surface area contributed by atoms with Crippen LogP contribution >= 0.6 is 11.6 Å². The number of rotatable bonds is 4. The van der Waals surface area contributed by atoms with Crippen molar-refractivity contribution < 1.29 is 18.3 Å². The van der Waals surface area contributed by atoms with Crippen LogP contribution in [0, 0.1) is 0 Å². The minimum Gasteiger partial charge on any atom is -0.489 e. The van der Waals surface area contributed by atoms with Crippen LogP contribution < -0.4 is 4.74 Å². The molecule has 0 fully saturated rings. The van der Waals surface area contributed by atoms with E-state index in [-0.39, 0.29) is 0 Å². The summed E-state index contributed by atoms with van der Waals surface area (Å²) >= 11 is 5.84. The molecule has 0 bridgehead atoms. The topological polar surface area (TPSA) is 30.8 Å². The van der Waals surface area contributed by atoms with Crippen molar-refractivity contribution in [1.29, 1.82) is 0 Å². The molecule has 0 radical (unpaired) electrons. The van der Waals surface area contributed by atoms with Gasteiger partial charge >= 0.3 is 5.92 Å². The maximum atomic E-state index is 14.3. The van der Waals surface area contributed by atoms with Gasteiger partial charge < -0.3 is 9.47 Å². The molecule has 0 saturated carbocycles. The number of nitrogens with zero attached hydrogens (tertiary/aromatic N) is 1. The quantitative estimate of drug-likeness (QED) is 0.790. The fourth-order valence-electron chi connectivity index (χ4n) is 2.44. The van der Waals surface area contributed by atoms with Crippen LogP contribution in [0.5, 0.6) is 5.75 Å². The predicted molar refractivity (Wildman–Crippen MR) is 89.0 cm³/mol. The van der Waals surface area contributed by atoms with E-state index in [0.717, 1.165) is 12.0 Å². The van der Waals surface area contributed by atoms with Crippen LogP contribution in [0.1, 0.15) is 18.1 Å². The van der Waals surface area contributed by atoms with E-state index in [1.165, 1.54) is 6.92 Å². The number of ether oxygens (including phenoxy) is 2. The molecule has 6 heteroatoms. The lowest BCUT2D eigenvalue weighted by molar-refractivity contribution is -0.113. The number of halogens is 3. The van der Waals surface area contributed by atoms with Crippen LogP contribution in [0.15, 0.2) is 53.5 Å². The number of aliphatic imine (C=N–C) groups is 1. The van der Waals surface area contributed by atoms with Crippen molar-refractivity contribution in [1.82, 2.24) is 0 Å². The summed E-state index contributed by atoms with van der Waals surface area (Å²) in [5.74, 6) is -2.60. The minimum absolute atomic E-state index is 0.320. The molecule has 126 valence electrons. The number of benzene rings is 2. The van der Waals surface area contributed by atoms with Gasteiger partial charge in [0.15, 0.2) is 18.5 Å². The van der Waals surface area contributed by atoms with E-state index in [4.69, 9.17) is 16.3 Å². The first-order valence-corrected chi connectivity index (χ1v) is 7.79. The SMILES string of the molecule is C[C@]1(c2cccc(OCc3ccc(Cl)cc3)c2)N=COCC1(F)F. The van der Waals surface area contributed by atoms with Gasteiger partial charge in [0, 0.05) is 5.02 Å². The van der Waals surface area contributed by atoms with Crippen molar-refractivity contribution in [3.63, 3.8) is 0 Å². The van der Waals surface area contributed by atoms with Crippen molar-refractivity contribution in [2.75, 3.05) is 6.61 Å². The van der Waals surface area contributed by atoms with E-state index in [9.17, 15) is 8.78 Å². The monoisotopic (exact) mass is 351 g/mol. The molecule has 0 aromatic heterocycles. The molecule has 0 saturated heterocycles. The third-order valence-electron chi connectivity index (χ3n) is 4.08. The largest absolute Gasteiger partial charge is 0.489 e. The lowest BCUT2D eigenvalue weighted by atomic mass is 9.86. The van der Waals surface area contributed by atoms with Gasteiger partial charge in [-0.05, 0) is 42.3 Å². The summed E-state index contributed by atoms with van der Waals surface area (Å²) in [6.45, 7) is 1.02. The first kappa shape index (κ1) is 16.7. The Bertz CT molecular complexity index is 749. The molecule has 1 aliphatic heterocycles. The van der Waals surface area contributed by atoms with Crippen LogP contribution in [0.25, 0.3) is 0 Å². The summed E-state index contributed by atoms with van der Waals surface area (Å²) in [5, 5.41) is 0.647. The van der Waals surface area contributed by atoms with Gasteiger partial charge in [0.25, 0.3) is 0 Å². The van der Waals surface area contributed by atoms with E-state index >= 15 is 0 Å². The van der Waals surface area contributed by atoms with Crippen LogP contribution in [0.2, 0.25) is 5.02 Å². The number of alkyl halides is 2. The highest BCUT2D eigenvalue weighted by molar-refractivity contribution is 6.30. The first-order chi connectivity index (χ1) is 11.4. The molecule has 0 unspecified atom stereocenters. The molecule has 3 rings (SSSR count). The third kappa shape index (κ3) is 3.22. The molecule has 0 aliphatic carbocycles. The summed E-state index contributed by atoms with van der Waals surface area (Å²) in [6.07, 6.45) is 1.08. The Morgan fingerprint density at radius 3 is 2.67 bits per heavy atom.